The van der Waals surface area contributed by atoms with Crippen LogP contribution >= 0.6 is 11.3 Å². The third-order valence-electron chi connectivity index (χ3n) is 3.41. The SMILES string of the molecule is Cc1csc(CCCCNC(=O)NCC(C)(O)c2ccco2)n1. The molecule has 0 bridgehead atoms. The van der Waals surface area contributed by atoms with Crippen LogP contribution in [0.2, 0.25) is 0 Å². The zero-order valence-corrected chi connectivity index (χ0v) is 14.3. The smallest absolute Gasteiger partial charge is 0.314 e. The highest BCUT2D eigenvalue weighted by atomic mass is 32.1. The van der Waals surface area contributed by atoms with Gasteiger partial charge in [-0.3, -0.25) is 0 Å². The van der Waals surface area contributed by atoms with E-state index in [0.29, 0.717) is 12.3 Å². The molecule has 1 atom stereocenters. The fourth-order valence-electron chi connectivity index (χ4n) is 2.11. The molecule has 6 nitrogen and oxygen atoms in total. The Morgan fingerprint density at radius 2 is 2.26 bits per heavy atom. The van der Waals surface area contributed by atoms with Crippen LogP contribution in [-0.4, -0.2) is 29.2 Å². The number of aromatic nitrogens is 1. The number of carbonyl (C=O) groups excluding carboxylic acids is 1. The highest BCUT2D eigenvalue weighted by Gasteiger charge is 2.26. The van der Waals surface area contributed by atoms with E-state index in [2.05, 4.69) is 15.6 Å². The first kappa shape index (κ1) is 17.5. The molecule has 1 unspecified atom stereocenters. The molecule has 2 aromatic rings. The largest absolute Gasteiger partial charge is 0.466 e. The lowest BCUT2D eigenvalue weighted by atomic mass is 10.0. The summed E-state index contributed by atoms with van der Waals surface area (Å²) in [5, 5.41) is 18.8. The summed E-state index contributed by atoms with van der Waals surface area (Å²) >= 11 is 1.68. The van der Waals surface area contributed by atoms with Gasteiger partial charge in [0.1, 0.15) is 11.4 Å². The normalized spacial score (nSPS) is 13.5. The minimum absolute atomic E-state index is 0.0880. The molecule has 7 heteroatoms. The summed E-state index contributed by atoms with van der Waals surface area (Å²) in [7, 11) is 0. The molecule has 0 radical (unpaired) electrons. The highest BCUT2D eigenvalue weighted by molar-refractivity contribution is 7.09. The third-order valence-corrected chi connectivity index (χ3v) is 4.44. The maximum absolute atomic E-state index is 11.7. The van der Waals surface area contributed by atoms with Crippen molar-refractivity contribution in [3.8, 4) is 0 Å². The number of aryl methyl sites for hydroxylation is 2. The molecule has 0 aromatic carbocycles. The van der Waals surface area contributed by atoms with E-state index in [9.17, 15) is 9.90 Å². The summed E-state index contributed by atoms with van der Waals surface area (Å²) < 4.78 is 5.16. The zero-order valence-electron chi connectivity index (χ0n) is 13.5. The van der Waals surface area contributed by atoms with Gasteiger partial charge < -0.3 is 20.2 Å². The lowest BCUT2D eigenvalue weighted by molar-refractivity contribution is 0.0367. The quantitative estimate of drug-likeness (QED) is 0.646. The Labute approximate surface area is 139 Å². The number of nitrogens with zero attached hydrogens (tertiary/aromatic N) is 1. The molecule has 2 aromatic heterocycles. The van der Waals surface area contributed by atoms with Crippen LogP contribution in [0.4, 0.5) is 4.79 Å². The number of hydrogen-bond acceptors (Lipinski definition) is 5. The van der Waals surface area contributed by atoms with Crippen LogP contribution in [0.5, 0.6) is 0 Å². The van der Waals surface area contributed by atoms with E-state index in [1.807, 2.05) is 12.3 Å². The number of thiazole rings is 1. The summed E-state index contributed by atoms with van der Waals surface area (Å²) in [5.41, 5.74) is -0.157. The molecule has 2 heterocycles. The first-order chi connectivity index (χ1) is 11.0. The molecular formula is C16H23N3O3S. The predicted molar refractivity (Wildman–Crippen MR) is 89.5 cm³/mol. The second kappa shape index (κ2) is 8.12. The standard InChI is InChI=1S/C16H23N3O3S/c1-12-10-23-14(19-12)7-3-4-8-17-15(20)18-11-16(2,21)13-6-5-9-22-13/h5-6,9-10,21H,3-4,7-8,11H2,1-2H3,(H2,17,18,20). The van der Waals surface area contributed by atoms with Gasteiger partial charge in [-0.2, -0.15) is 0 Å². The third kappa shape index (κ3) is 5.69. The molecule has 23 heavy (non-hydrogen) atoms. The lowest BCUT2D eigenvalue weighted by Gasteiger charge is -2.21. The van der Waals surface area contributed by atoms with Gasteiger partial charge in [-0.05, 0) is 45.2 Å². The van der Waals surface area contributed by atoms with Crippen molar-refractivity contribution in [1.82, 2.24) is 15.6 Å². The average Bonchev–Trinajstić information content (AvgIpc) is 3.17. The fraction of sp³-hybridized carbons (Fsp3) is 0.500. The number of rotatable bonds is 8. The maximum Gasteiger partial charge on any atom is 0.314 e. The Bertz CT molecular complexity index is 608. The van der Waals surface area contributed by atoms with Gasteiger partial charge in [0.2, 0.25) is 0 Å². The molecule has 0 aliphatic heterocycles. The number of hydrogen-bond donors (Lipinski definition) is 3. The van der Waals surface area contributed by atoms with E-state index < -0.39 is 5.60 Å². The monoisotopic (exact) mass is 337 g/mol. The summed E-state index contributed by atoms with van der Waals surface area (Å²) in [5.74, 6) is 0.427. The van der Waals surface area contributed by atoms with Crippen LogP contribution in [0, 0.1) is 6.92 Å². The molecule has 126 valence electrons. The summed E-state index contributed by atoms with van der Waals surface area (Å²) in [4.78, 5) is 16.1. The van der Waals surface area contributed by atoms with Gasteiger partial charge in [-0.1, -0.05) is 0 Å². The predicted octanol–water partition coefficient (Wildman–Crippen LogP) is 2.57. The number of carbonyl (C=O) groups is 1. The van der Waals surface area contributed by atoms with Gasteiger partial charge in [0.05, 0.1) is 17.8 Å². The average molecular weight is 337 g/mol. The molecule has 0 fully saturated rings. The molecule has 0 spiro atoms. The molecule has 2 amide bonds. The molecule has 3 N–H and O–H groups in total. The highest BCUT2D eigenvalue weighted by Crippen LogP contribution is 2.19. The van der Waals surface area contributed by atoms with E-state index in [1.165, 1.54) is 6.26 Å². The number of furan rings is 1. The van der Waals surface area contributed by atoms with Crippen molar-refractivity contribution >= 4 is 17.4 Å². The Kier molecular flexibility index (Phi) is 6.18. The molecule has 0 aliphatic carbocycles. The van der Waals surface area contributed by atoms with Crippen LogP contribution < -0.4 is 10.6 Å². The zero-order chi connectivity index (χ0) is 16.7. The van der Waals surface area contributed by atoms with E-state index in [4.69, 9.17) is 4.42 Å². The van der Waals surface area contributed by atoms with Crippen molar-refractivity contribution in [3.05, 3.63) is 40.2 Å². The topological polar surface area (TPSA) is 87.4 Å². The molecular weight excluding hydrogens is 314 g/mol. The van der Waals surface area contributed by atoms with Gasteiger partial charge in [0.25, 0.3) is 0 Å². The van der Waals surface area contributed by atoms with Gasteiger partial charge in [0, 0.05) is 17.6 Å². The van der Waals surface area contributed by atoms with E-state index >= 15 is 0 Å². The molecule has 0 aliphatic rings. The van der Waals surface area contributed by atoms with E-state index in [-0.39, 0.29) is 12.6 Å². The Morgan fingerprint density at radius 3 is 2.91 bits per heavy atom. The van der Waals surface area contributed by atoms with Gasteiger partial charge in [-0.25, -0.2) is 9.78 Å². The van der Waals surface area contributed by atoms with E-state index in [1.54, 1.807) is 30.4 Å². The second-order valence-corrected chi connectivity index (χ2v) is 6.64. The number of aliphatic hydroxyl groups is 1. The van der Waals surface area contributed by atoms with E-state index in [0.717, 1.165) is 30.0 Å². The van der Waals surface area contributed by atoms with Crippen LogP contribution in [0.3, 0.4) is 0 Å². The second-order valence-electron chi connectivity index (χ2n) is 5.70. The number of unbranched alkanes of at least 4 members (excludes halogenated alkanes) is 1. The number of nitrogens with one attached hydrogen (secondary N) is 2. The first-order valence-corrected chi connectivity index (χ1v) is 8.54. The van der Waals surface area contributed by atoms with Crippen LogP contribution in [-0.2, 0) is 12.0 Å². The molecule has 2 rings (SSSR count). The minimum atomic E-state index is -1.22. The summed E-state index contributed by atoms with van der Waals surface area (Å²) in [6.45, 7) is 4.27. The van der Waals surface area contributed by atoms with Crippen LogP contribution in [0.1, 0.15) is 36.2 Å². The van der Waals surface area contributed by atoms with Crippen molar-refractivity contribution in [3.63, 3.8) is 0 Å². The maximum atomic E-state index is 11.7. The lowest BCUT2D eigenvalue weighted by Crippen LogP contribution is -2.43. The number of amides is 2. The van der Waals surface area contributed by atoms with Crippen molar-refractivity contribution in [2.24, 2.45) is 0 Å². The van der Waals surface area contributed by atoms with Crippen molar-refractivity contribution in [2.45, 2.75) is 38.7 Å². The molecule has 0 saturated carbocycles. The van der Waals surface area contributed by atoms with Crippen LogP contribution in [0.25, 0.3) is 0 Å². The van der Waals surface area contributed by atoms with Crippen molar-refractivity contribution in [1.29, 1.82) is 0 Å². The van der Waals surface area contributed by atoms with Crippen LogP contribution in [0.15, 0.2) is 28.2 Å². The summed E-state index contributed by atoms with van der Waals surface area (Å²) in [6.07, 6.45) is 4.31. The number of urea groups is 1. The Balaban J connectivity index is 1.58. The Morgan fingerprint density at radius 1 is 1.43 bits per heavy atom. The van der Waals surface area contributed by atoms with Crippen molar-refractivity contribution < 1.29 is 14.3 Å². The van der Waals surface area contributed by atoms with Gasteiger partial charge in [-0.15, -0.1) is 11.3 Å². The van der Waals surface area contributed by atoms with Gasteiger partial charge in [0.15, 0.2) is 0 Å². The molecule has 0 saturated heterocycles. The van der Waals surface area contributed by atoms with Crippen molar-refractivity contribution in [2.75, 3.05) is 13.1 Å². The summed E-state index contributed by atoms with van der Waals surface area (Å²) in [6, 6.07) is 3.09. The fourth-order valence-corrected chi connectivity index (χ4v) is 2.93. The Hall–Kier alpha value is -1.86. The van der Waals surface area contributed by atoms with Gasteiger partial charge >= 0.3 is 6.03 Å². The minimum Gasteiger partial charge on any atom is -0.466 e. The first-order valence-electron chi connectivity index (χ1n) is 7.66.